The Hall–Kier alpha value is -4.08. The molecule has 2 aromatic heterocycles. The molecule has 0 spiro atoms. The molecule has 0 aliphatic rings. The topological polar surface area (TPSA) is 52.3 Å². The van der Waals surface area contributed by atoms with Gasteiger partial charge in [-0.15, -0.1) is 0 Å². The molecule has 3 nitrogen and oxygen atoms in total. The van der Waals surface area contributed by atoms with E-state index in [0.29, 0.717) is 6.54 Å². The van der Waals surface area contributed by atoms with Gasteiger partial charge in [0.2, 0.25) is 0 Å². The van der Waals surface area contributed by atoms with Gasteiger partial charge >= 0.3 is 0 Å². The number of furan rings is 2. The van der Waals surface area contributed by atoms with Crippen molar-refractivity contribution in [2.24, 2.45) is 5.73 Å². The average Bonchev–Trinajstić information content (AvgIpc) is 3.39. The number of hydrogen-bond acceptors (Lipinski definition) is 3. The summed E-state index contributed by atoms with van der Waals surface area (Å²) in [6.07, 6.45) is 0. The van der Waals surface area contributed by atoms with E-state index >= 15 is 0 Å². The van der Waals surface area contributed by atoms with Crippen LogP contribution < -0.4 is 5.73 Å². The highest BCUT2D eigenvalue weighted by atomic mass is 16.3. The third-order valence-electron chi connectivity index (χ3n) is 6.45. The number of rotatable bonds is 2. The van der Waals surface area contributed by atoms with Crippen LogP contribution in [0.5, 0.6) is 0 Å². The second kappa shape index (κ2) is 6.46. The lowest BCUT2D eigenvalue weighted by molar-refractivity contribution is 0.668. The molecule has 0 atom stereocenters. The van der Waals surface area contributed by atoms with Gasteiger partial charge in [0.15, 0.2) is 0 Å². The maximum Gasteiger partial charge on any atom is 0.136 e. The number of hydrogen-bond donors (Lipinski definition) is 1. The fraction of sp³-hybridized carbons (Fsp3) is 0.0345. The van der Waals surface area contributed by atoms with E-state index < -0.39 is 0 Å². The lowest BCUT2D eigenvalue weighted by Crippen LogP contribution is -1.97. The number of benzene rings is 5. The molecular formula is C29H19NO2. The Morgan fingerprint density at radius 3 is 2.19 bits per heavy atom. The Kier molecular flexibility index (Phi) is 3.55. The van der Waals surface area contributed by atoms with Crippen molar-refractivity contribution in [1.29, 1.82) is 0 Å². The summed E-state index contributed by atoms with van der Waals surface area (Å²) in [5, 5.41) is 6.82. The summed E-state index contributed by atoms with van der Waals surface area (Å²) >= 11 is 0. The second-order valence-corrected chi connectivity index (χ2v) is 8.29. The van der Waals surface area contributed by atoms with Crippen molar-refractivity contribution in [3.05, 3.63) is 96.6 Å². The number of nitrogens with two attached hydrogens (primary N) is 1. The molecule has 0 aliphatic heterocycles. The van der Waals surface area contributed by atoms with E-state index in [-0.39, 0.29) is 0 Å². The molecular weight excluding hydrogens is 394 g/mol. The maximum atomic E-state index is 6.27. The smallest absolute Gasteiger partial charge is 0.136 e. The molecule has 7 rings (SSSR count). The van der Waals surface area contributed by atoms with Gasteiger partial charge in [0.1, 0.15) is 22.3 Å². The largest absolute Gasteiger partial charge is 0.456 e. The molecule has 152 valence electrons. The van der Waals surface area contributed by atoms with Gasteiger partial charge in [0.05, 0.1) is 0 Å². The van der Waals surface area contributed by atoms with Gasteiger partial charge in [-0.3, -0.25) is 0 Å². The van der Waals surface area contributed by atoms with Gasteiger partial charge in [-0.1, -0.05) is 54.6 Å². The van der Waals surface area contributed by atoms with E-state index in [0.717, 1.165) is 60.6 Å². The molecule has 0 amide bonds. The van der Waals surface area contributed by atoms with Crippen molar-refractivity contribution in [3.63, 3.8) is 0 Å². The molecule has 5 aromatic carbocycles. The van der Waals surface area contributed by atoms with E-state index in [1.54, 1.807) is 0 Å². The van der Waals surface area contributed by atoms with Crippen molar-refractivity contribution >= 4 is 54.6 Å². The molecule has 0 radical (unpaired) electrons. The number of fused-ring (bicyclic) bond motifs is 7. The molecule has 0 bridgehead atoms. The van der Waals surface area contributed by atoms with Crippen LogP contribution in [-0.2, 0) is 6.54 Å². The normalized spacial score (nSPS) is 12.0. The van der Waals surface area contributed by atoms with Crippen LogP contribution in [0.15, 0.2) is 99.8 Å². The molecule has 0 saturated heterocycles. The zero-order chi connectivity index (χ0) is 21.2. The zero-order valence-electron chi connectivity index (χ0n) is 17.3. The Balaban J connectivity index is 1.57. The molecule has 7 aromatic rings. The second-order valence-electron chi connectivity index (χ2n) is 8.29. The van der Waals surface area contributed by atoms with Crippen LogP contribution in [0, 0.1) is 0 Å². The first kappa shape index (κ1) is 17.6. The standard InChI is InChI=1S/C29H19NO2/c30-16-20-12-19(15-27-28(20)22-8-3-4-10-24(22)31-27)21-9-5-11-25-29(21)23-13-17-6-1-2-7-18(17)14-26(23)32-25/h1-15H,16,30H2. The van der Waals surface area contributed by atoms with E-state index in [2.05, 4.69) is 60.7 Å². The lowest BCUT2D eigenvalue weighted by Gasteiger charge is -2.08. The molecule has 0 saturated carbocycles. The minimum atomic E-state index is 0.445. The Morgan fingerprint density at radius 2 is 1.31 bits per heavy atom. The van der Waals surface area contributed by atoms with Crippen LogP contribution >= 0.6 is 0 Å². The van der Waals surface area contributed by atoms with E-state index in [1.807, 2.05) is 30.3 Å². The van der Waals surface area contributed by atoms with Crippen molar-refractivity contribution < 1.29 is 8.83 Å². The van der Waals surface area contributed by atoms with Crippen LogP contribution in [0.3, 0.4) is 0 Å². The van der Waals surface area contributed by atoms with E-state index in [1.165, 1.54) is 10.8 Å². The van der Waals surface area contributed by atoms with E-state index in [4.69, 9.17) is 14.6 Å². The van der Waals surface area contributed by atoms with Crippen molar-refractivity contribution in [1.82, 2.24) is 0 Å². The van der Waals surface area contributed by atoms with Crippen LogP contribution in [0.25, 0.3) is 65.8 Å². The van der Waals surface area contributed by atoms with Gasteiger partial charge in [-0.25, -0.2) is 0 Å². The highest BCUT2D eigenvalue weighted by molar-refractivity contribution is 6.16. The van der Waals surface area contributed by atoms with Crippen molar-refractivity contribution in [3.8, 4) is 11.1 Å². The summed E-state index contributed by atoms with van der Waals surface area (Å²) in [5.74, 6) is 0. The molecule has 0 unspecified atom stereocenters. The SMILES string of the molecule is NCc1cc(-c2cccc3oc4cc5ccccc5cc4c23)cc2oc3ccccc3c12. The first-order valence-electron chi connectivity index (χ1n) is 10.8. The third-order valence-corrected chi connectivity index (χ3v) is 6.45. The van der Waals surface area contributed by atoms with Gasteiger partial charge in [0, 0.05) is 28.1 Å². The third kappa shape index (κ3) is 2.40. The summed E-state index contributed by atoms with van der Waals surface area (Å²) < 4.78 is 12.5. The van der Waals surface area contributed by atoms with Crippen LogP contribution in [0.2, 0.25) is 0 Å². The monoisotopic (exact) mass is 413 g/mol. The number of para-hydroxylation sites is 1. The molecule has 0 fully saturated rings. The van der Waals surface area contributed by atoms with Gasteiger partial charge < -0.3 is 14.6 Å². The maximum absolute atomic E-state index is 6.27. The Labute approximate surface area is 183 Å². The fourth-order valence-electron chi connectivity index (χ4n) is 5.01. The average molecular weight is 413 g/mol. The molecule has 2 heterocycles. The predicted molar refractivity (Wildman–Crippen MR) is 132 cm³/mol. The summed E-state index contributed by atoms with van der Waals surface area (Å²) in [6.45, 7) is 0.445. The minimum absolute atomic E-state index is 0.445. The first-order chi connectivity index (χ1) is 15.8. The highest BCUT2D eigenvalue weighted by Crippen LogP contribution is 2.41. The highest BCUT2D eigenvalue weighted by Gasteiger charge is 2.17. The molecule has 3 heteroatoms. The van der Waals surface area contributed by atoms with Crippen LogP contribution in [0.1, 0.15) is 5.56 Å². The van der Waals surface area contributed by atoms with Gasteiger partial charge in [0.25, 0.3) is 0 Å². The summed E-state index contributed by atoms with van der Waals surface area (Å²) in [5.41, 5.74) is 13.0. The Morgan fingerprint density at radius 1 is 0.562 bits per heavy atom. The quantitative estimate of drug-likeness (QED) is 0.315. The van der Waals surface area contributed by atoms with Crippen LogP contribution in [0.4, 0.5) is 0 Å². The zero-order valence-corrected chi connectivity index (χ0v) is 17.3. The molecule has 0 aliphatic carbocycles. The van der Waals surface area contributed by atoms with Gasteiger partial charge in [-0.05, 0) is 63.9 Å². The van der Waals surface area contributed by atoms with E-state index in [9.17, 15) is 0 Å². The van der Waals surface area contributed by atoms with Crippen molar-refractivity contribution in [2.75, 3.05) is 0 Å². The predicted octanol–water partition coefficient (Wildman–Crippen LogP) is 7.76. The minimum Gasteiger partial charge on any atom is -0.456 e. The molecule has 2 N–H and O–H groups in total. The lowest BCUT2D eigenvalue weighted by atomic mass is 9.95. The first-order valence-corrected chi connectivity index (χ1v) is 10.8. The van der Waals surface area contributed by atoms with Gasteiger partial charge in [-0.2, -0.15) is 0 Å². The summed E-state index contributed by atoms with van der Waals surface area (Å²) in [4.78, 5) is 0. The summed E-state index contributed by atoms with van der Waals surface area (Å²) in [6, 6.07) is 31.4. The van der Waals surface area contributed by atoms with Crippen LogP contribution in [-0.4, -0.2) is 0 Å². The summed E-state index contributed by atoms with van der Waals surface area (Å²) in [7, 11) is 0. The fourth-order valence-corrected chi connectivity index (χ4v) is 5.01. The van der Waals surface area contributed by atoms with Crippen molar-refractivity contribution in [2.45, 2.75) is 6.54 Å². The molecule has 32 heavy (non-hydrogen) atoms. The Bertz CT molecular complexity index is 1820.